The Kier molecular flexibility index (Phi) is 8.78. The van der Waals surface area contributed by atoms with Crippen LogP contribution in [0.2, 0.25) is 0 Å². The SMILES string of the molecule is CCOc1ccc(CCNC(=O)C(=O)Nc2ccc(N3CCCCC3)cc2)cc1OCC. The van der Waals surface area contributed by atoms with Crippen LogP contribution in [0.15, 0.2) is 42.5 Å². The zero-order chi connectivity index (χ0) is 22.8. The molecular formula is C25H33N3O4. The number of rotatable bonds is 9. The van der Waals surface area contributed by atoms with E-state index in [0.29, 0.717) is 43.4 Å². The third-order valence-electron chi connectivity index (χ3n) is 5.36. The molecule has 0 aromatic heterocycles. The van der Waals surface area contributed by atoms with Crippen LogP contribution < -0.4 is 25.0 Å². The molecule has 0 bridgehead atoms. The highest BCUT2D eigenvalue weighted by atomic mass is 16.5. The van der Waals surface area contributed by atoms with Crippen LogP contribution in [0.1, 0.15) is 38.7 Å². The van der Waals surface area contributed by atoms with E-state index < -0.39 is 11.8 Å². The van der Waals surface area contributed by atoms with E-state index in [-0.39, 0.29) is 0 Å². The Labute approximate surface area is 190 Å². The molecule has 2 aromatic carbocycles. The summed E-state index contributed by atoms with van der Waals surface area (Å²) in [5.74, 6) is 0.0650. The van der Waals surface area contributed by atoms with Gasteiger partial charge in [0.25, 0.3) is 0 Å². The quantitative estimate of drug-likeness (QED) is 0.582. The third-order valence-corrected chi connectivity index (χ3v) is 5.36. The van der Waals surface area contributed by atoms with Gasteiger partial charge in [0.2, 0.25) is 0 Å². The van der Waals surface area contributed by atoms with Crippen LogP contribution in [0.5, 0.6) is 11.5 Å². The van der Waals surface area contributed by atoms with Crippen molar-refractivity contribution in [3.8, 4) is 11.5 Å². The number of amides is 2. The number of benzene rings is 2. The highest BCUT2D eigenvalue weighted by Gasteiger charge is 2.15. The van der Waals surface area contributed by atoms with E-state index in [0.717, 1.165) is 24.3 Å². The molecule has 0 saturated carbocycles. The zero-order valence-corrected chi connectivity index (χ0v) is 19.0. The van der Waals surface area contributed by atoms with Gasteiger partial charge < -0.3 is 25.0 Å². The number of anilines is 2. The van der Waals surface area contributed by atoms with E-state index in [1.807, 2.05) is 56.3 Å². The first-order valence-corrected chi connectivity index (χ1v) is 11.4. The lowest BCUT2D eigenvalue weighted by atomic mass is 10.1. The summed E-state index contributed by atoms with van der Waals surface area (Å²) in [5, 5.41) is 5.34. The van der Waals surface area contributed by atoms with E-state index >= 15 is 0 Å². The van der Waals surface area contributed by atoms with Gasteiger partial charge in [-0.25, -0.2) is 0 Å². The minimum absolute atomic E-state index is 0.347. The van der Waals surface area contributed by atoms with Gasteiger partial charge in [-0.1, -0.05) is 6.07 Å². The number of carbonyl (C=O) groups is 2. The maximum absolute atomic E-state index is 12.2. The lowest BCUT2D eigenvalue weighted by molar-refractivity contribution is -0.136. The summed E-state index contributed by atoms with van der Waals surface area (Å²) in [4.78, 5) is 26.8. The van der Waals surface area contributed by atoms with Crippen LogP contribution in [0, 0.1) is 0 Å². The Balaban J connectivity index is 1.46. The predicted octanol–water partition coefficient (Wildman–Crippen LogP) is 3.77. The second-order valence-electron chi connectivity index (χ2n) is 7.70. The van der Waals surface area contributed by atoms with Crippen molar-refractivity contribution in [2.45, 2.75) is 39.5 Å². The van der Waals surface area contributed by atoms with Crippen molar-refractivity contribution in [2.75, 3.05) is 43.1 Å². The molecule has 7 nitrogen and oxygen atoms in total. The van der Waals surface area contributed by atoms with Gasteiger partial charge in [0.15, 0.2) is 11.5 Å². The average molecular weight is 440 g/mol. The van der Waals surface area contributed by atoms with Crippen molar-refractivity contribution in [1.82, 2.24) is 5.32 Å². The molecule has 0 atom stereocenters. The molecule has 0 aliphatic carbocycles. The van der Waals surface area contributed by atoms with Gasteiger partial charge in [0, 0.05) is 31.0 Å². The maximum Gasteiger partial charge on any atom is 0.313 e. The van der Waals surface area contributed by atoms with Gasteiger partial charge in [-0.05, 0) is 81.5 Å². The molecular weight excluding hydrogens is 406 g/mol. The molecule has 3 rings (SSSR count). The number of carbonyl (C=O) groups excluding carboxylic acids is 2. The Morgan fingerprint density at radius 2 is 1.56 bits per heavy atom. The number of nitrogens with zero attached hydrogens (tertiary/aromatic N) is 1. The molecule has 1 fully saturated rings. The van der Waals surface area contributed by atoms with E-state index in [2.05, 4.69) is 15.5 Å². The largest absolute Gasteiger partial charge is 0.490 e. The second-order valence-corrected chi connectivity index (χ2v) is 7.70. The molecule has 32 heavy (non-hydrogen) atoms. The molecule has 7 heteroatoms. The van der Waals surface area contributed by atoms with Crippen LogP contribution in [0.3, 0.4) is 0 Å². The normalized spacial score (nSPS) is 13.4. The average Bonchev–Trinajstić information content (AvgIpc) is 2.82. The number of piperidine rings is 1. The van der Waals surface area contributed by atoms with Crippen molar-refractivity contribution in [3.05, 3.63) is 48.0 Å². The Bertz CT molecular complexity index is 893. The highest BCUT2D eigenvalue weighted by Crippen LogP contribution is 2.28. The molecule has 0 spiro atoms. The number of hydrogen-bond acceptors (Lipinski definition) is 5. The monoisotopic (exact) mass is 439 g/mol. The lowest BCUT2D eigenvalue weighted by Gasteiger charge is -2.28. The first-order chi connectivity index (χ1) is 15.6. The standard InChI is InChI=1S/C25H33N3O4/c1-3-31-22-13-8-19(18-23(22)32-4-2)14-15-26-24(29)25(30)27-20-9-11-21(12-10-20)28-16-6-5-7-17-28/h8-13,18H,3-7,14-17H2,1-2H3,(H,26,29)(H,27,30). The Morgan fingerprint density at radius 1 is 0.875 bits per heavy atom. The molecule has 2 aromatic rings. The van der Waals surface area contributed by atoms with Crippen LogP contribution in [-0.2, 0) is 16.0 Å². The highest BCUT2D eigenvalue weighted by molar-refractivity contribution is 6.39. The minimum atomic E-state index is -0.669. The molecule has 0 unspecified atom stereocenters. The summed E-state index contributed by atoms with van der Waals surface area (Å²) < 4.78 is 11.2. The van der Waals surface area contributed by atoms with Crippen LogP contribution in [0.4, 0.5) is 11.4 Å². The van der Waals surface area contributed by atoms with Crippen LogP contribution in [0.25, 0.3) is 0 Å². The first-order valence-electron chi connectivity index (χ1n) is 11.4. The number of ether oxygens (including phenoxy) is 2. The van der Waals surface area contributed by atoms with E-state index in [4.69, 9.17) is 9.47 Å². The number of nitrogens with one attached hydrogen (secondary N) is 2. The van der Waals surface area contributed by atoms with Crippen LogP contribution in [-0.4, -0.2) is 44.7 Å². The topological polar surface area (TPSA) is 79.9 Å². The second kappa shape index (κ2) is 12.0. The van der Waals surface area contributed by atoms with Crippen molar-refractivity contribution in [3.63, 3.8) is 0 Å². The minimum Gasteiger partial charge on any atom is -0.490 e. The number of hydrogen-bond donors (Lipinski definition) is 2. The summed E-state index contributed by atoms with van der Waals surface area (Å²) in [7, 11) is 0. The summed E-state index contributed by atoms with van der Waals surface area (Å²) >= 11 is 0. The molecule has 172 valence electrons. The van der Waals surface area contributed by atoms with E-state index in [9.17, 15) is 9.59 Å². The van der Waals surface area contributed by atoms with E-state index in [1.54, 1.807) is 0 Å². The summed E-state index contributed by atoms with van der Waals surface area (Å²) in [6.07, 6.45) is 4.28. The van der Waals surface area contributed by atoms with Crippen molar-refractivity contribution < 1.29 is 19.1 Å². The lowest BCUT2D eigenvalue weighted by Crippen LogP contribution is -2.36. The van der Waals surface area contributed by atoms with Gasteiger partial charge in [0.05, 0.1) is 13.2 Å². The van der Waals surface area contributed by atoms with Crippen LogP contribution >= 0.6 is 0 Å². The molecule has 1 aliphatic heterocycles. The fourth-order valence-corrected chi connectivity index (χ4v) is 3.75. The summed E-state index contributed by atoms with van der Waals surface area (Å²) in [6.45, 7) is 7.42. The van der Waals surface area contributed by atoms with Crippen molar-refractivity contribution >= 4 is 23.2 Å². The molecule has 1 saturated heterocycles. The molecule has 1 heterocycles. The summed E-state index contributed by atoms with van der Waals surface area (Å²) in [6, 6.07) is 13.4. The summed E-state index contributed by atoms with van der Waals surface area (Å²) in [5.41, 5.74) is 2.75. The fourth-order valence-electron chi connectivity index (χ4n) is 3.75. The van der Waals surface area contributed by atoms with Crippen molar-refractivity contribution in [1.29, 1.82) is 0 Å². The zero-order valence-electron chi connectivity index (χ0n) is 19.0. The van der Waals surface area contributed by atoms with Crippen molar-refractivity contribution in [2.24, 2.45) is 0 Å². The smallest absolute Gasteiger partial charge is 0.313 e. The molecule has 2 N–H and O–H groups in total. The van der Waals surface area contributed by atoms with Gasteiger partial charge in [0.1, 0.15) is 0 Å². The Hall–Kier alpha value is -3.22. The van der Waals surface area contributed by atoms with Gasteiger partial charge in [-0.2, -0.15) is 0 Å². The maximum atomic E-state index is 12.2. The first kappa shape index (κ1) is 23.4. The predicted molar refractivity (Wildman–Crippen MR) is 127 cm³/mol. The van der Waals surface area contributed by atoms with Gasteiger partial charge in [-0.15, -0.1) is 0 Å². The molecule has 2 amide bonds. The molecule has 0 radical (unpaired) electrons. The van der Waals surface area contributed by atoms with Gasteiger partial charge in [-0.3, -0.25) is 9.59 Å². The Morgan fingerprint density at radius 3 is 2.25 bits per heavy atom. The van der Waals surface area contributed by atoms with E-state index in [1.165, 1.54) is 19.3 Å². The third kappa shape index (κ3) is 6.64. The van der Waals surface area contributed by atoms with Gasteiger partial charge >= 0.3 is 11.8 Å². The fraction of sp³-hybridized carbons (Fsp3) is 0.440. The molecule has 1 aliphatic rings.